The zero-order chi connectivity index (χ0) is 13.8. The molecule has 1 saturated carbocycles. The van der Waals surface area contributed by atoms with E-state index >= 15 is 0 Å². The van der Waals surface area contributed by atoms with Crippen molar-refractivity contribution in [3.8, 4) is 0 Å². The number of aliphatic hydroxyl groups is 1. The van der Waals surface area contributed by atoms with Crippen LogP contribution in [-0.2, 0) is 7.05 Å². The smallest absolute Gasteiger partial charge is 0.330 e. The summed E-state index contributed by atoms with van der Waals surface area (Å²) in [6.45, 7) is 0.368. The van der Waals surface area contributed by atoms with Gasteiger partial charge in [-0.1, -0.05) is 19.3 Å². The minimum Gasteiger partial charge on any atom is -0.395 e. The van der Waals surface area contributed by atoms with E-state index in [4.69, 9.17) is 0 Å². The van der Waals surface area contributed by atoms with Crippen molar-refractivity contribution in [2.24, 2.45) is 7.05 Å². The van der Waals surface area contributed by atoms with E-state index in [1.807, 2.05) is 4.90 Å². The molecule has 106 valence electrons. The second-order valence-electron chi connectivity index (χ2n) is 4.98. The van der Waals surface area contributed by atoms with Gasteiger partial charge in [0.15, 0.2) is 0 Å². The van der Waals surface area contributed by atoms with Gasteiger partial charge in [0.25, 0.3) is 0 Å². The van der Waals surface area contributed by atoms with E-state index in [1.165, 1.54) is 17.3 Å². The average molecular weight is 268 g/mol. The molecule has 0 aromatic carbocycles. The van der Waals surface area contributed by atoms with Gasteiger partial charge in [-0.05, 0) is 12.8 Å². The number of nitrogens with zero attached hydrogens (tertiary/aromatic N) is 4. The van der Waals surface area contributed by atoms with E-state index in [2.05, 4.69) is 5.10 Å². The number of hydrogen-bond acceptors (Lipinski definition) is 5. The Morgan fingerprint density at radius 3 is 2.79 bits per heavy atom. The Morgan fingerprint density at radius 2 is 2.21 bits per heavy atom. The van der Waals surface area contributed by atoms with E-state index in [1.54, 1.807) is 7.05 Å². The summed E-state index contributed by atoms with van der Waals surface area (Å²) in [4.78, 5) is 12.6. The summed E-state index contributed by atoms with van der Waals surface area (Å²) in [5.74, 6) is 0.383. The molecule has 1 heterocycles. The Balaban J connectivity index is 2.29. The maximum Gasteiger partial charge on any atom is 0.330 e. The first-order valence-corrected chi connectivity index (χ1v) is 6.69. The number of aryl methyl sites for hydroxylation is 1. The molecule has 1 aromatic heterocycles. The molecule has 0 saturated heterocycles. The van der Waals surface area contributed by atoms with Gasteiger partial charge >= 0.3 is 5.69 Å². The van der Waals surface area contributed by atoms with E-state index in [-0.39, 0.29) is 18.3 Å². The van der Waals surface area contributed by atoms with Crippen molar-refractivity contribution >= 4 is 11.5 Å². The molecule has 0 unspecified atom stereocenters. The Labute approximate surface area is 112 Å². The van der Waals surface area contributed by atoms with Crippen molar-refractivity contribution in [1.29, 1.82) is 0 Å². The topological polar surface area (TPSA) is 84.4 Å². The molecule has 2 rings (SSSR count). The zero-order valence-electron chi connectivity index (χ0n) is 11.2. The second-order valence-corrected chi connectivity index (χ2v) is 4.98. The molecule has 19 heavy (non-hydrogen) atoms. The average Bonchev–Trinajstić information content (AvgIpc) is 2.79. The minimum absolute atomic E-state index is 0.0153. The minimum atomic E-state index is -0.407. The first-order chi connectivity index (χ1) is 9.13. The predicted molar refractivity (Wildman–Crippen MR) is 71.2 cm³/mol. The van der Waals surface area contributed by atoms with Crippen LogP contribution in [0.5, 0.6) is 0 Å². The lowest BCUT2D eigenvalue weighted by Gasteiger charge is -2.33. The first kappa shape index (κ1) is 13.8. The number of aliphatic hydroxyl groups excluding tert-OH is 1. The van der Waals surface area contributed by atoms with Crippen LogP contribution in [0.25, 0.3) is 0 Å². The fraction of sp³-hybridized carbons (Fsp3) is 0.750. The van der Waals surface area contributed by atoms with Gasteiger partial charge in [0.1, 0.15) is 6.20 Å². The van der Waals surface area contributed by atoms with Gasteiger partial charge in [0.05, 0.1) is 11.5 Å². The van der Waals surface area contributed by atoms with Gasteiger partial charge in [-0.15, -0.1) is 5.10 Å². The van der Waals surface area contributed by atoms with E-state index < -0.39 is 4.92 Å². The first-order valence-electron chi connectivity index (χ1n) is 6.69. The molecule has 0 aliphatic heterocycles. The van der Waals surface area contributed by atoms with Crippen LogP contribution >= 0.6 is 0 Å². The van der Waals surface area contributed by atoms with E-state index in [0.29, 0.717) is 12.4 Å². The third-order valence-electron chi connectivity index (χ3n) is 3.62. The van der Waals surface area contributed by atoms with Crippen LogP contribution in [0.1, 0.15) is 32.1 Å². The predicted octanol–water partition coefficient (Wildman–Crippen LogP) is 1.46. The maximum atomic E-state index is 11.1. The van der Waals surface area contributed by atoms with Crippen LogP contribution < -0.4 is 4.90 Å². The van der Waals surface area contributed by atoms with Crippen molar-refractivity contribution < 1.29 is 10.0 Å². The number of aromatic nitrogens is 2. The number of rotatable bonds is 5. The lowest BCUT2D eigenvalue weighted by Crippen LogP contribution is -2.39. The highest BCUT2D eigenvalue weighted by atomic mass is 16.6. The fourth-order valence-electron chi connectivity index (χ4n) is 2.76. The Kier molecular flexibility index (Phi) is 4.36. The lowest BCUT2D eigenvalue weighted by atomic mass is 9.94. The largest absolute Gasteiger partial charge is 0.395 e. The Morgan fingerprint density at radius 1 is 1.53 bits per heavy atom. The molecule has 7 nitrogen and oxygen atoms in total. The van der Waals surface area contributed by atoms with Gasteiger partial charge in [0, 0.05) is 19.6 Å². The molecule has 0 amide bonds. The molecule has 0 bridgehead atoms. The lowest BCUT2D eigenvalue weighted by molar-refractivity contribution is -0.384. The van der Waals surface area contributed by atoms with Crippen LogP contribution in [0.3, 0.4) is 0 Å². The summed E-state index contributed by atoms with van der Waals surface area (Å²) >= 11 is 0. The third kappa shape index (κ3) is 3.04. The molecule has 1 aromatic rings. The summed E-state index contributed by atoms with van der Waals surface area (Å²) in [6.07, 6.45) is 6.91. The van der Waals surface area contributed by atoms with Crippen LogP contribution in [0, 0.1) is 10.1 Å². The highest BCUT2D eigenvalue weighted by Gasteiger charge is 2.29. The van der Waals surface area contributed by atoms with Gasteiger partial charge in [-0.25, -0.2) is 0 Å². The van der Waals surface area contributed by atoms with Gasteiger partial charge in [0.2, 0.25) is 5.82 Å². The molecule has 0 radical (unpaired) electrons. The zero-order valence-corrected chi connectivity index (χ0v) is 11.2. The van der Waals surface area contributed by atoms with Crippen LogP contribution in [-0.4, -0.2) is 39.0 Å². The number of anilines is 1. The summed E-state index contributed by atoms with van der Waals surface area (Å²) in [7, 11) is 1.68. The van der Waals surface area contributed by atoms with Crippen LogP contribution in [0.4, 0.5) is 11.5 Å². The van der Waals surface area contributed by atoms with Gasteiger partial charge < -0.3 is 10.0 Å². The molecule has 0 atom stereocenters. The number of nitro groups is 1. The summed E-state index contributed by atoms with van der Waals surface area (Å²) in [5, 5.41) is 24.5. The Bertz CT molecular complexity index is 440. The second kappa shape index (κ2) is 6.01. The normalized spacial score (nSPS) is 16.5. The fourth-order valence-corrected chi connectivity index (χ4v) is 2.76. The quantitative estimate of drug-likeness (QED) is 0.645. The van der Waals surface area contributed by atoms with Crippen molar-refractivity contribution in [3.63, 3.8) is 0 Å². The standard InChI is InChI=1S/C12H20N4O3/c1-14-9-11(16(18)19)12(13-14)15(7-8-17)10-5-3-2-4-6-10/h9-10,17H,2-8H2,1H3. The summed E-state index contributed by atoms with van der Waals surface area (Å²) in [5.41, 5.74) is 0.0153. The third-order valence-corrected chi connectivity index (χ3v) is 3.62. The highest BCUT2D eigenvalue weighted by Crippen LogP contribution is 2.32. The summed E-state index contributed by atoms with van der Waals surface area (Å²) < 4.78 is 1.46. The highest BCUT2D eigenvalue weighted by molar-refractivity contribution is 5.57. The molecule has 1 fully saturated rings. The number of hydrogen-bond donors (Lipinski definition) is 1. The van der Waals surface area contributed by atoms with Crippen molar-refractivity contribution in [3.05, 3.63) is 16.3 Å². The van der Waals surface area contributed by atoms with E-state index in [0.717, 1.165) is 25.7 Å². The van der Waals surface area contributed by atoms with Crippen molar-refractivity contribution in [2.75, 3.05) is 18.1 Å². The molecular weight excluding hydrogens is 248 g/mol. The molecule has 0 spiro atoms. The molecule has 7 heteroatoms. The molecule has 1 aliphatic rings. The van der Waals surface area contributed by atoms with Crippen molar-refractivity contribution in [2.45, 2.75) is 38.1 Å². The van der Waals surface area contributed by atoms with E-state index in [9.17, 15) is 15.2 Å². The molecular formula is C12H20N4O3. The Hall–Kier alpha value is -1.63. The van der Waals surface area contributed by atoms with Crippen LogP contribution in [0.15, 0.2) is 6.20 Å². The summed E-state index contributed by atoms with van der Waals surface area (Å²) in [6, 6.07) is 0.245. The molecule has 1 N–H and O–H groups in total. The SMILES string of the molecule is Cn1cc([N+](=O)[O-])c(N(CCO)C2CCCCC2)n1. The van der Waals surface area contributed by atoms with Crippen LogP contribution in [0.2, 0.25) is 0 Å². The van der Waals surface area contributed by atoms with Gasteiger partial charge in [-0.3, -0.25) is 14.8 Å². The van der Waals surface area contributed by atoms with Gasteiger partial charge in [-0.2, -0.15) is 0 Å². The van der Waals surface area contributed by atoms with Crippen molar-refractivity contribution in [1.82, 2.24) is 9.78 Å². The monoisotopic (exact) mass is 268 g/mol. The maximum absolute atomic E-state index is 11.1. The molecule has 1 aliphatic carbocycles.